The number of thiazole rings is 1. The van der Waals surface area contributed by atoms with E-state index in [1.165, 1.54) is 17.4 Å². The molecule has 0 radical (unpaired) electrons. The van der Waals surface area contributed by atoms with Gasteiger partial charge in [-0.1, -0.05) is 12.1 Å². The summed E-state index contributed by atoms with van der Waals surface area (Å²) in [5.74, 6) is 0.187. The molecule has 0 saturated carbocycles. The predicted molar refractivity (Wildman–Crippen MR) is 66.3 cm³/mol. The summed E-state index contributed by atoms with van der Waals surface area (Å²) in [6, 6.07) is 6.53. The lowest BCUT2D eigenvalue weighted by molar-refractivity contribution is 0.630. The molecule has 2 N–H and O–H groups in total. The van der Waals surface area contributed by atoms with Crippen LogP contribution in [0.2, 0.25) is 0 Å². The molecule has 0 unspecified atom stereocenters. The van der Waals surface area contributed by atoms with Crippen LogP contribution in [0.3, 0.4) is 0 Å². The van der Waals surface area contributed by atoms with Crippen molar-refractivity contribution in [3.8, 4) is 11.3 Å². The predicted octanol–water partition coefficient (Wildman–Crippen LogP) is 3.31. The summed E-state index contributed by atoms with van der Waals surface area (Å²) in [5, 5.41) is 0.443. The van der Waals surface area contributed by atoms with Crippen molar-refractivity contribution in [2.24, 2.45) is 0 Å². The van der Waals surface area contributed by atoms with Gasteiger partial charge in [0.25, 0.3) is 0 Å². The SMILES string of the molecule is Nc1nc(-c2ccccc2F)c(CCCl)s1. The van der Waals surface area contributed by atoms with E-state index in [-0.39, 0.29) is 5.82 Å². The minimum atomic E-state index is -0.288. The van der Waals surface area contributed by atoms with Crippen molar-refractivity contribution in [1.82, 2.24) is 4.98 Å². The summed E-state index contributed by atoms with van der Waals surface area (Å²) in [5.41, 5.74) is 6.73. The lowest BCUT2D eigenvalue weighted by Gasteiger charge is -2.01. The Labute approximate surface area is 102 Å². The third-order valence-corrected chi connectivity index (χ3v) is 3.30. The Bertz CT molecular complexity index is 498. The zero-order chi connectivity index (χ0) is 11.5. The maximum absolute atomic E-state index is 13.6. The van der Waals surface area contributed by atoms with Gasteiger partial charge in [0.05, 0.1) is 5.69 Å². The monoisotopic (exact) mass is 256 g/mol. The Balaban J connectivity index is 2.51. The van der Waals surface area contributed by atoms with Crippen molar-refractivity contribution in [1.29, 1.82) is 0 Å². The third kappa shape index (κ3) is 2.18. The fourth-order valence-electron chi connectivity index (χ4n) is 1.49. The second kappa shape index (κ2) is 4.80. The molecule has 1 heterocycles. The number of rotatable bonds is 3. The van der Waals surface area contributed by atoms with Gasteiger partial charge < -0.3 is 5.73 Å². The van der Waals surface area contributed by atoms with Gasteiger partial charge in [-0.15, -0.1) is 22.9 Å². The Morgan fingerprint density at radius 1 is 1.38 bits per heavy atom. The zero-order valence-electron chi connectivity index (χ0n) is 8.41. The number of nitrogen functional groups attached to an aromatic ring is 1. The normalized spacial score (nSPS) is 10.6. The highest BCUT2D eigenvalue weighted by molar-refractivity contribution is 7.15. The molecule has 0 fully saturated rings. The van der Waals surface area contributed by atoms with Crippen molar-refractivity contribution >= 4 is 28.1 Å². The van der Waals surface area contributed by atoms with E-state index in [1.54, 1.807) is 18.2 Å². The molecule has 0 aliphatic rings. The first kappa shape index (κ1) is 11.4. The molecular formula is C11H10ClFN2S. The van der Waals surface area contributed by atoms with E-state index in [4.69, 9.17) is 17.3 Å². The summed E-state index contributed by atoms with van der Waals surface area (Å²) in [6.07, 6.45) is 0.653. The van der Waals surface area contributed by atoms with Gasteiger partial charge in [0, 0.05) is 16.3 Å². The largest absolute Gasteiger partial charge is 0.375 e. The van der Waals surface area contributed by atoms with Gasteiger partial charge in [-0.05, 0) is 18.6 Å². The van der Waals surface area contributed by atoms with Crippen molar-refractivity contribution < 1.29 is 4.39 Å². The lowest BCUT2D eigenvalue weighted by Crippen LogP contribution is -1.90. The number of alkyl halides is 1. The maximum Gasteiger partial charge on any atom is 0.180 e. The molecule has 0 spiro atoms. The minimum Gasteiger partial charge on any atom is -0.375 e. The van der Waals surface area contributed by atoms with Gasteiger partial charge in [-0.2, -0.15) is 0 Å². The number of nitrogens with zero attached hydrogens (tertiary/aromatic N) is 1. The van der Waals surface area contributed by atoms with E-state index < -0.39 is 0 Å². The second-order valence-electron chi connectivity index (χ2n) is 3.24. The average Bonchev–Trinajstić information content (AvgIpc) is 2.61. The molecule has 0 bridgehead atoms. The number of nitrogens with two attached hydrogens (primary N) is 1. The van der Waals surface area contributed by atoms with E-state index in [2.05, 4.69) is 4.98 Å². The molecule has 2 aromatic rings. The van der Waals surface area contributed by atoms with Crippen LogP contribution in [0, 0.1) is 5.82 Å². The van der Waals surface area contributed by atoms with Crippen LogP contribution in [0.4, 0.5) is 9.52 Å². The van der Waals surface area contributed by atoms with Crippen molar-refractivity contribution in [3.05, 3.63) is 35.0 Å². The summed E-state index contributed by atoms with van der Waals surface area (Å²) < 4.78 is 13.6. The fraction of sp³-hybridized carbons (Fsp3) is 0.182. The molecule has 0 amide bonds. The molecule has 1 aromatic carbocycles. The van der Waals surface area contributed by atoms with E-state index in [0.717, 1.165) is 4.88 Å². The number of hydrogen-bond donors (Lipinski definition) is 1. The molecule has 0 aliphatic heterocycles. The lowest BCUT2D eigenvalue weighted by atomic mass is 10.1. The van der Waals surface area contributed by atoms with E-state index in [0.29, 0.717) is 28.7 Å². The zero-order valence-corrected chi connectivity index (χ0v) is 9.98. The summed E-state index contributed by atoms with van der Waals surface area (Å²) in [7, 11) is 0. The number of halogens is 2. The van der Waals surface area contributed by atoms with Crippen LogP contribution in [0.1, 0.15) is 4.88 Å². The molecule has 2 nitrogen and oxygen atoms in total. The Hall–Kier alpha value is -1.13. The van der Waals surface area contributed by atoms with Crippen LogP contribution in [-0.2, 0) is 6.42 Å². The molecule has 0 aliphatic carbocycles. The highest BCUT2D eigenvalue weighted by atomic mass is 35.5. The fourth-order valence-corrected chi connectivity index (χ4v) is 2.64. The van der Waals surface area contributed by atoms with Crippen molar-refractivity contribution in [2.45, 2.75) is 6.42 Å². The average molecular weight is 257 g/mol. The van der Waals surface area contributed by atoms with Gasteiger partial charge in [-0.3, -0.25) is 0 Å². The smallest absolute Gasteiger partial charge is 0.180 e. The Morgan fingerprint density at radius 3 is 2.81 bits per heavy atom. The first-order valence-corrected chi connectivity index (χ1v) is 6.13. The van der Waals surface area contributed by atoms with E-state index >= 15 is 0 Å². The third-order valence-electron chi connectivity index (χ3n) is 2.16. The molecule has 1 aromatic heterocycles. The van der Waals surface area contributed by atoms with Gasteiger partial charge in [-0.25, -0.2) is 9.37 Å². The van der Waals surface area contributed by atoms with Crippen molar-refractivity contribution in [3.63, 3.8) is 0 Å². The van der Waals surface area contributed by atoms with Crippen LogP contribution in [0.15, 0.2) is 24.3 Å². The summed E-state index contributed by atoms with van der Waals surface area (Å²) in [6.45, 7) is 0. The Morgan fingerprint density at radius 2 is 2.12 bits per heavy atom. The summed E-state index contributed by atoms with van der Waals surface area (Å²) in [4.78, 5) is 5.09. The minimum absolute atomic E-state index is 0.288. The molecule has 16 heavy (non-hydrogen) atoms. The molecule has 0 saturated heterocycles. The van der Waals surface area contributed by atoms with Gasteiger partial charge >= 0.3 is 0 Å². The number of aromatic nitrogens is 1. The number of anilines is 1. The quantitative estimate of drug-likeness (QED) is 0.856. The first-order valence-electron chi connectivity index (χ1n) is 4.78. The number of hydrogen-bond acceptors (Lipinski definition) is 3. The van der Waals surface area contributed by atoms with Crippen LogP contribution < -0.4 is 5.73 Å². The van der Waals surface area contributed by atoms with E-state index in [9.17, 15) is 4.39 Å². The van der Waals surface area contributed by atoms with Crippen LogP contribution in [-0.4, -0.2) is 10.9 Å². The summed E-state index contributed by atoms with van der Waals surface area (Å²) >= 11 is 7.05. The van der Waals surface area contributed by atoms with Crippen LogP contribution in [0.25, 0.3) is 11.3 Å². The molecule has 0 atom stereocenters. The molecular weight excluding hydrogens is 247 g/mol. The first-order chi connectivity index (χ1) is 7.72. The van der Waals surface area contributed by atoms with Crippen molar-refractivity contribution in [2.75, 3.05) is 11.6 Å². The van der Waals surface area contributed by atoms with E-state index in [1.807, 2.05) is 0 Å². The van der Waals surface area contributed by atoms with Gasteiger partial charge in [0.15, 0.2) is 5.13 Å². The van der Waals surface area contributed by atoms with Crippen LogP contribution >= 0.6 is 22.9 Å². The van der Waals surface area contributed by atoms with Gasteiger partial charge in [0.1, 0.15) is 5.82 Å². The highest BCUT2D eigenvalue weighted by Crippen LogP contribution is 2.31. The molecule has 84 valence electrons. The second-order valence-corrected chi connectivity index (χ2v) is 4.74. The topological polar surface area (TPSA) is 38.9 Å². The highest BCUT2D eigenvalue weighted by Gasteiger charge is 2.14. The molecule has 5 heteroatoms. The maximum atomic E-state index is 13.6. The van der Waals surface area contributed by atoms with Gasteiger partial charge in [0.2, 0.25) is 0 Å². The molecule has 2 rings (SSSR count). The standard InChI is InChI=1S/C11H10ClFN2S/c12-6-5-9-10(15-11(14)16-9)7-3-1-2-4-8(7)13/h1-4H,5-6H2,(H2,14,15). The van der Waals surface area contributed by atoms with Crippen LogP contribution in [0.5, 0.6) is 0 Å². The number of benzene rings is 1. The number of aryl methyl sites for hydroxylation is 1. The Kier molecular flexibility index (Phi) is 3.41.